The van der Waals surface area contributed by atoms with E-state index in [1.807, 2.05) is 19.1 Å². The van der Waals surface area contributed by atoms with Gasteiger partial charge in [0.05, 0.1) is 24.8 Å². The van der Waals surface area contributed by atoms with Crippen molar-refractivity contribution < 1.29 is 27.5 Å². The predicted octanol–water partition coefficient (Wildman–Crippen LogP) is 4.77. The summed E-state index contributed by atoms with van der Waals surface area (Å²) in [4.78, 5) is 29.3. The van der Waals surface area contributed by atoms with E-state index in [-0.39, 0.29) is 29.1 Å². The molecule has 3 aromatic rings. The minimum absolute atomic E-state index is 0.0384. The van der Waals surface area contributed by atoms with Gasteiger partial charge in [0.25, 0.3) is 10.0 Å². The average molecular weight is 594 g/mol. The van der Waals surface area contributed by atoms with Gasteiger partial charge < -0.3 is 19.7 Å². The van der Waals surface area contributed by atoms with Crippen molar-refractivity contribution >= 4 is 27.5 Å². The van der Waals surface area contributed by atoms with E-state index in [4.69, 9.17) is 9.47 Å². The summed E-state index contributed by atoms with van der Waals surface area (Å²) in [5, 5.41) is 3.12. The topological polar surface area (TPSA) is 105 Å². The van der Waals surface area contributed by atoms with Crippen LogP contribution in [-0.4, -0.2) is 58.0 Å². The fourth-order valence-electron chi connectivity index (χ4n) is 5.28. The molecular weight excluding hydrogens is 554 g/mol. The zero-order valence-corrected chi connectivity index (χ0v) is 25.2. The van der Waals surface area contributed by atoms with Gasteiger partial charge >= 0.3 is 0 Å². The maximum atomic E-state index is 14.2. The summed E-state index contributed by atoms with van der Waals surface area (Å²) < 4.78 is 39.8. The fourth-order valence-corrected chi connectivity index (χ4v) is 6.73. The number of nitrogens with zero attached hydrogens (tertiary/aromatic N) is 2. The third-order valence-corrected chi connectivity index (χ3v) is 9.34. The van der Waals surface area contributed by atoms with E-state index in [0.29, 0.717) is 17.9 Å². The van der Waals surface area contributed by atoms with Crippen molar-refractivity contribution in [1.29, 1.82) is 0 Å². The van der Waals surface area contributed by atoms with E-state index in [1.165, 1.54) is 24.1 Å². The Kier molecular flexibility index (Phi) is 10.5. The summed E-state index contributed by atoms with van der Waals surface area (Å²) in [5.41, 5.74) is 1.01. The molecule has 1 saturated carbocycles. The van der Waals surface area contributed by atoms with Gasteiger partial charge in [-0.15, -0.1) is 0 Å². The molecule has 10 heteroatoms. The molecular formula is C32H39N3O6S. The van der Waals surface area contributed by atoms with Gasteiger partial charge in [0, 0.05) is 12.6 Å². The van der Waals surface area contributed by atoms with Crippen molar-refractivity contribution in [3.63, 3.8) is 0 Å². The number of benzene rings is 3. The molecule has 4 rings (SSSR count). The van der Waals surface area contributed by atoms with Crippen molar-refractivity contribution in [3.05, 3.63) is 84.4 Å². The van der Waals surface area contributed by atoms with E-state index in [2.05, 4.69) is 5.32 Å². The normalized spacial score (nSPS) is 14.2. The first-order valence-electron chi connectivity index (χ1n) is 14.2. The van der Waals surface area contributed by atoms with Gasteiger partial charge in [-0.3, -0.25) is 13.9 Å². The van der Waals surface area contributed by atoms with Crippen LogP contribution in [-0.2, 0) is 26.2 Å². The van der Waals surface area contributed by atoms with Crippen molar-refractivity contribution in [3.8, 4) is 11.5 Å². The maximum Gasteiger partial charge on any atom is 0.264 e. The molecule has 1 fully saturated rings. The highest BCUT2D eigenvalue weighted by Crippen LogP contribution is 2.32. The molecule has 9 nitrogen and oxygen atoms in total. The van der Waals surface area contributed by atoms with Crippen molar-refractivity contribution in [2.75, 3.05) is 25.1 Å². The second-order valence-electron chi connectivity index (χ2n) is 10.3. The molecule has 0 heterocycles. The summed E-state index contributed by atoms with van der Waals surface area (Å²) in [6, 6.07) is 21.2. The number of anilines is 1. The fraction of sp³-hybridized carbons (Fsp3) is 0.375. The SMILES string of the molecule is CCC(C(=O)NC1CCCC1)N(Cc1ccc(OC)cc1)C(=O)CN(c1ccccc1OC)S(=O)(=O)c1ccccc1. The summed E-state index contributed by atoms with van der Waals surface area (Å²) in [7, 11) is -1.16. The van der Waals surface area contributed by atoms with Crippen LogP contribution < -0.4 is 19.1 Å². The lowest BCUT2D eigenvalue weighted by molar-refractivity contribution is -0.140. The predicted molar refractivity (Wildman–Crippen MR) is 162 cm³/mol. The van der Waals surface area contributed by atoms with E-state index in [0.717, 1.165) is 35.6 Å². The van der Waals surface area contributed by atoms with Gasteiger partial charge in [0.1, 0.15) is 24.1 Å². The number of carbonyl (C=O) groups is 2. The van der Waals surface area contributed by atoms with Crippen LogP contribution in [0.1, 0.15) is 44.6 Å². The molecule has 0 bridgehead atoms. The Morgan fingerprint density at radius 3 is 2.17 bits per heavy atom. The van der Waals surface area contributed by atoms with Crippen molar-refractivity contribution in [1.82, 2.24) is 10.2 Å². The second kappa shape index (κ2) is 14.2. The van der Waals surface area contributed by atoms with Gasteiger partial charge in [-0.1, -0.05) is 62.2 Å². The highest BCUT2D eigenvalue weighted by atomic mass is 32.2. The monoisotopic (exact) mass is 593 g/mol. The number of carbonyl (C=O) groups excluding carboxylic acids is 2. The molecule has 1 unspecified atom stereocenters. The minimum Gasteiger partial charge on any atom is -0.497 e. The molecule has 224 valence electrons. The van der Waals surface area contributed by atoms with Gasteiger partial charge in [0.15, 0.2) is 0 Å². The van der Waals surface area contributed by atoms with Crippen LogP contribution in [0.5, 0.6) is 11.5 Å². The Labute approximate surface area is 248 Å². The number of ether oxygens (including phenoxy) is 2. The van der Waals surface area contributed by atoms with Crippen molar-refractivity contribution in [2.24, 2.45) is 0 Å². The van der Waals surface area contributed by atoms with E-state index < -0.39 is 28.5 Å². The number of methoxy groups -OCH3 is 2. The van der Waals surface area contributed by atoms with Crippen LogP contribution in [0.3, 0.4) is 0 Å². The number of sulfonamides is 1. The van der Waals surface area contributed by atoms with E-state index in [9.17, 15) is 18.0 Å². The third kappa shape index (κ3) is 7.23. The molecule has 1 atom stereocenters. The van der Waals surface area contributed by atoms with Gasteiger partial charge in [-0.2, -0.15) is 0 Å². The maximum absolute atomic E-state index is 14.2. The van der Waals surface area contributed by atoms with Crippen LogP contribution in [0, 0.1) is 0 Å². The average Bonchev–Trinajstić information content (AvgIpc) is 3.53. The zero-order chi connectivity index (χ0) is 30.1. The lowest BCUT2D eigenvalue weighted by Crippen LogP contribution is -2.53. The quantitative estimate of drug-likeness (QED) is 0.306. The van der Waals surface area contributed by atoms with Crippen LogP contribution in [0.4, 0.5) is 5.69 Å². The Hall–Kier alpha value is -4.05. The molecule has 1 aliphatic carbocycles. The number of para-hydroxylation sites is 2. The van der Waals surface area contributed by atoms with Gasteiger partial charge in [-0.05, 0) is 61.2 Å². The molecule has 1 N–H and O–H groups in total. The molecule has 0 saturated heterocycles. The highest BCUT2D eigenvalue weighted by Gasteiger charge is 2.35. The van der Waals surface area contributed by atoms with E-state index in [1.54, 1.807) is 61.7 Å². The van der Waals surface area contributed by atoms with Crippen LogP contribution in [0.25, 0.3) is 0 Å². The first kappa shape index (κ1) is 30.9. The Morgan fingerprint density at radius 1 is 0.905 bits per heavy atom. The largest absolute Gasteiger partial charge is 0.497 e. The summed E-state index contributed by atoms with van der Waals surface area (Å²) in [6.07, 6.45) is 4.29. The lowest BCUT2D eigenvalue weighted by atomic mass is 10.1. The van der Waals surface area contributed by atoms with Crippen LogP contribution in [0.2, 0.25) is 0 Å². The lowest BCUT2D eigenvalue weighted by Gasteiger charge is -2.34. The smallest absolute Gasteiger partial charge is 0.264 e. The number of amides is 2. The standard InChI is InChI=1S/C32H39N3O6S/c1-4-28(32(37)33-25-12-8-9-13-25)34(22-24-18-20-26(40-2)21-19-24)31(36)23-35(29-16-10-11-17-30(29)41-3)42(38,39)27-14-6-5-7-15-27/h5-7,10-11,14-21,25,28H,4,8-9,12-13,22-23H2,1-3H3,(H,33,37). The first-order valence-corrected chi connectivity index (χ1v) is 15.7. The zero-order valence-electron chi connectivity index (χ0n) is 24.4. The molecule has 42 heavy (non-hydrogen) atoms. The van der Waals surface area contributed by atoms with Gasteiger partial charge in [0.2, 0.25) is 11.8 Å². The molecule has 1 aliphatic rings. The van der Waals surface area contributed by atoms with Crippen LogP contribution in [0.15, 0.2) is 83.8 Å². The molecule has 0 aliphatic heterocycles. The Bertz CT molecular complexity index is 1440. The summed E-state index contributed by atoms with van der Waals surface area (Å²) in [5.74, 6) is 0.224. The highest BCUT2D eigenvalue weighted by molar-refractivity contribution is 7.92. The molecule has 0 radical (unpaired) electrons. The van der Waals surface area contributed by atoms with E-state index >= 15 is 0 Å². The van der Waals surface area contributed by atoms with Crippen molar-refractivity contribution in [2.45, 2.75) is 62.6 Å². The Morgan fingerprint density at radius 2 is 1.55 bits per heavy atom. The minimum atomic E-state index is -4.18. The molecule has 2 amide bonds. The molecule has 0 spiro atoms. The second-order valence-corrected chi connectivity index (χ2v) is 12.1. The number of hydrogen-bond acceptors (Lipinski definition) is 6. The first-order chi connectivity index (χ1) is 20.3. The third-order valence-electron chi connectivity index (χ3n) is 7.56. The number of rotatable bonds is 13. The Balaban J connectivity index is 1.73. The molecule has 3 aromatic carbocycles. The van der Waals surface area contributed by atoms with Crippen LogP contribution >= 0.6 is 0 Å². The number of hydrogen-bond donors (Lipinski definition) is 1. The van der Waals surface area contributed by atoms with Gasteiger partial charge in [-0.25, -0.2) is 8.42 Å². The number of nitrogens with one attached hydrogen (secondary N) is 1. The summed E-state index contributed by atoms with van der Waals surface area (Å²) >= 11 is 0. The molecule has 0 aromatic heterocycles. The summed E-state index contributed by atoms with van der Waals surface area (Å²) in [6.45, 7) is 1.44.